The van der Waals surface area contributed by atoms with Crippen LogP contribution in [0.5, 0.6) is 0 Å². The molecule has 22 heavy (non-hydrogen) atoms. The highest BCUT2D eigenvalue weighted by atomic mass is 32.2. The van der Waals surface area contributed by atoms with Gasteiger partial charge in [-0.05, 0) is 36.2 Å². The molecule has 0 saturated heterocycles. The van der Waals surface area contributed by atoms with E-state index in [0.29, 0.717) is 5.56 Å². The first-order valence-electron chi connectivity index (χ1n) is 6.64. The molecule has 2 aromatic rings. The smallest absolute Gasteiger partial charge is 0.207 e. The van der Waals surface area contributed by atoms with Gasteiger partial charge >= 0.3 is 0 Å². The van der Waals surface area contributed by atoms with Crippen molar-refractivity contribution in [1.82, 2.24) is 4.72 Å². The summed E-state index contributed by atoms with van der Waals surface area (Å²) in [6, 6.07) is 13.6. The largest absolute Gasteiger partial charge is 0.241 e. The Kier molecular flexibility index (Phi) is 4.91. The van der Waals surface area contributed by atoms with E-state index in [2.05, 4.69) is 4.72 Å². The molecule has 0 spiro atoms. The van der Waals surface area contributed by atoms with E-state index in [-0.39, 0.29) is 11.3 Å². The number of sulfonamides is 1. The molecule has 0 aliphatic heterocycles. The average molecular weight is 318 g/mol. The van der Waals surface area contributed by atoms with Crippen LogP contribution < -0.4 is 4.72 Å². The lowest BCUT2D eigenvalue weighted by molar-refractivity contribution is 0.568. The number of nitrogens with one attached hydrogen (secondary N) is 1. The van der Waals surface area contributed by atoms with Gasteiger partial charge in [-0.1, -0.05) is 30.3 Å². The maximum absolute atomic E-state index is 13.4. The van der Waals surface area contributed by atoms with Crippen molar-refractivity contribution in [3.05, 3.63) is 65.5 Å². The van der Waals surface area contributed by atoms with Crippen LogP contribution in [0.1, 0.15) is 11.1 Å². The van der Waals surface area contributed by atoms with Crippen LogP contribution in [-0.2, 0) is 16.4 Å². The Balaban J connectivity index is 2.21. The topological polar surface area (TPSA) is 70.0 Å². The molecular formula is C16H15FN2O2S. The van der Waals surface area contributed by atoms with Gasteiger partial charge in [0.05, 0.1) is 11.0 Å². The molecule has 4 nitrogen and oxygen atoms in total. The molecule has 1 unspecified atom stereocenters. The molecule has 0 aliphatic carbocycles. The Hall–Kier alpha value is -2.23. The SMILES string of the molecule is Cc1cc(F)cc(S(=O)(=O)NC(C#N)Cc2ccccc2)c1. The number of aryl methyl sites for hydroxylation is 1. The maximum atomic E-state index is 13.4. The Labute approximate surface area is 129 Å². The van der Waals surface area contributed by atoms with Gasteiger partial charge in [0.25, 0.3) is 0 Å². The first-order valence-corrected chi connectivity index (χ1v) is 8.12. The molecule has 0 radical (unpaired) electrons. The molecule has 0 fully saturated rings. The van der Waals surface area contributed by atoms with Crippen molar-refractivity contribution in [2.24, 2.45) is 0 Å². The Morgan fingerprint density at radius 2 is 1.91 bits per heavy atom. The third kappa shape index (κ3) is 4.13. The van der Waals surface area contributed by atoms with Gasteiger partial charge in [-0.25, -0.2) is 12.8 Å². The fraction of sp³-hybridized carbons (Fsp3) is 0.188. The lowest BCUT2D eigenvalue weighted by atomic mass is 10.1. The second-order valence-electron chi connectivity index (χ2n) is 4.96. The summed E-state index contributed by atoms with van der Waals surface area (Å²) >= 11 is 0. The molecule has 0 aromatic heterocycles. The highest BCUT2D eigenvalue weighted by Crippen LogP contribution is 2.15. The van der Waals surface area contributed by atoms with Crippen LogP contribution in [0.3, 0.4) is 0 Å². The maximum Gasteiger partial charge on any atom is 0.241 e. The minimum absolute atomic E-state index is 0.182. The van der Waals surface area contributed by atoms with Crippen molar-refractivity contribution in [3.8, 4) is 6.07 Å². The van der Waals surface area contributed by atoms with Gasteiger partial charge < -0.3 is 0 Å². The summed E-state index contributed by atoms with van der Waals surface area (Å²) in [4.78, 5) is -0.182. The summed E-state index contributed by atoms with van der Waals surface area (Å²) in [5.41, 5.74) is 1.34. The molecule has 2 rings (SSSR count). The Morgan fingerprint density at radius 3 is 2.50 bits per heavy atom. The fourth-order valence-corrected chi connectivity index (χ4v) is 3.33. The first kappa shape index (κ1) is 16.1. The number of hydrogen-bond donors (Lipinski definition) is 1. The van der Waals surface area contributed by atoms with E-state index in [1.807, 2.05) is 36.4 Å². The summed E-state index contributed by atoms with van der Waals surface area (Å²) in [7, 11) is -3.95. The van der Waals surface area contributed by atoms with Gasteiger partial charge in [0, 0.05) is 6.42 Å². The molecule has 0 heterocycles. The molecular weight excluding hydrogens is 303 g/mol. The van der Waals surface area contributed by atoms with Crippen molar-refractivity contribution >= 4 is 10.0 Å². The van der Waals surface area contributed by atoms with Crippen LogP contribution >= 0.6 is 0 Å². The number of nitrogens with zero attached hydrogens (tertiary/aromatic N) is 1. The van der Waals surface area contributed by atoms with E-state index in [0.717, 1.165) is 11.6 Å². The van der Waals surface area contributed by atoms with Gasteiger partial charge in [0.15, 0.2) is 0 Å². The monoisotopic (exact) mass is 318 g/mol. The average Bonchev–Trinajstić information content (AvgIpc) is 2.46. The van der Waals surface area contributed by atoms with Crippen LogP contribution in [0.4, 0.5) is 4.39 Å². The summed E-state index contributed by atoms with van der Waals surface area (Å²) in [5, 5.41) is 9.16. The van der Waals surface area contributed by atoms with Crippen LogP contribution in [-0.4, -0.2) is 14.5 Å². The zero-order valence-electron chi connectivity index (χ0n) is 12.0. The predicted octanol–water partition coefficient (Wildman–Crippen LogP) is 2.55. The van der Waals surface area contributed by atoms with Gasteiger partial charge in [-0.2, -0.15) is 9.98 Å². The zero-order valence-corrected chi connectivity index (χ0v) is 12.8. The van der Waals surface area contributed by atoms with Gasteiger partial charge in [0.1, 0.15) is 11.9 Å². The van der Waals surface area contributed by atoms with Crippen LogP contribution in [0, 0.1) is 24.1 Å². The van der Waals surface area contributed by atoms with E-state index in [9.17, 15) is 12.8 Å². The third-order valence-electron chi connectivity index (χ3n) is 3.06. The Morgan fingerprint density at radius 1 is 1.23 bits per heavy atom. The van der Waals surface area contributed by atoms with E-state index in [1.54, 1.807) is 6.92 Å². The number of benzene rings is 2. The van der Waals surface area contributed by atoms with Crippen molar-refractivity contribution in [2.45, 2.75) is 24.3 Å². The first-order chi connectivity index (χ1) is 10.4. The Bertz CT molecular complexity index is 778. The summed E-state index contributed by atoms with van der Waals surface area (Å²) < 4.78 is 40.2. The molecule has 1 N–H and O–H groups in total. The van der Waals surface area contributed by atoms with Gasteiger partial charge in [-0.3, -0.25) is 0 Å². The molecule has 0 saturated carbocycles. The summed E-state index contributed by atoms with van der Waals surface area (Å²) in [6.45, 7) is 1.61. The zero-order chi connectivity index (χ0) is 16.2. The van der Waals surface area contributed by atoms with Crippen LogP contribution in [0.2, 0.25) is 0 Å². The molecule has 1 atom stereocenters. The summed E-state index contributed by atoms with van der Waals surface area (Å²) in [6.07, 6.45) is 0.241. The second-order valence-corrected chi connectivity index (χ2v) is 6.67. The van der Waals surface area contributed by atoms with Crippen molar-refractivity contribution in [1.29, 1.82) is 5.26 Å². The second kappa shape index (κ2) is 6.69. The quantitative estimate of drug-likeness (QED) is 0.921. The molecule has 0 bridgehead atoms. The van der Waals surface area contributed by atoms with Crippen LogP contribution in [0.25, 0.3) is 0 Å². The fourth-order valence-electron chi connectivity index (χ4n) is 2.08. The molecule has 0 amide bonds. The predicted molar refractivity (Wildman–Crippen MR) is 81.0 cm³/mol. The van der Waals surface area contributed by atoms with E-state index in [4.69, 9.17) is 5.26 Å². The highest BCUT2D eigenvalue weighted by Gasteiger charge is 2.21. The normalized spacial score (nSPS) is 12.6. The van der Waals surface area contributed by atoms with Crippen molar-refractivity contribution < 1.29 is 12.8 Å². The highest BCUT2D eigenvalue weighted by molar-refractivity contribution is 7.89. The van der Waals surface area contributed by atoms with Crippen molar-refractivity contribution in [2.75, 3.05) is 0 Å². The molecule has 0 aliphatic rings. The van der Waals surface area contributed by atoms with Crippen molar-refractivity contribution in [3.63, 3.8) is 0 Å². The standard InChI is InChI=1S/C16H15FN2O2S/c1-12-7-14(17)10-16(8-12)22(20,21)19-15(11-18)9-13-5-3-2-4-6-13/h2-8,10,15,19H,9H2,1H3. The number of hydrogen-bond acceptors (Lipinski definition) is 3. The van der Waals surface area contributed by atoms with E-state index >= 15 is 0 Å². The minimum Gasteiger partial charge on any atom is -0.207 e. The molecule has 6 heteroatoms. The van der Waals surface area contributed by atoms with Gasteiger partial charge in [0.2, 0.25) is 10.0 Å². The van der Waals surface area contributed by atoms with Crippen LogP contribution in [0.15, 0.2) is 53.4 Å². The van der Waals surface area contributed by atoms with E-state index in [1.165, 1.54) is 12.1 Å². The number of halogens is 1. The van der Waals surface area contributed by atoms with Gasteiger partial charge in [-0.15, -0.1) is 0 Å². The summed E-state index contributed by atoms with van der Waals surface area (Å²) in [5.74, 6) is -0.628. The van der Waals surface area contributed by atoms with E-state index < -0.39 is 21.9 Å². The molecule has 2 aromatic carbocycles. The third-order valence-corrected chi connectivity index (χ3v) is 4.51. The minimum atomic E-state index is -3.95. The number of rotatable bonds is 5. The molecule has 114 valence electrons. The lowest BCUT2D eigenvalue weighted by Gasteiger charge is -2.13. The lowest BCUT2D eigenvalue weighted by Crippen LogP contribution is -2.35. The number of nitriles is 1.